The maximum Gasteiger partial charge on any atom is 0.142 e. The fraction of sp³-hybridized carbons (Fsp3) is 0.455. The smallest absolute Gasteiger partial charge is 0.142 e. The van der Waals surface area contributed by atoms with Gasteiger partial charge in [0.1, 0.15) is 12.4 Å². The first kappa shape index (κ1) is 10.9. The summed E-state index contributed by atoms with van der Waals surface area (Å²) in [6.07, 6.45) is 0. The third-order valence-corrected chi connectivity index (χ3v) is 2.17. The van der Waals surface area contributed by atoms with Gasteiger partial charge in [-0.1, -0.05) is 0 Å². The standard InChI is InChI=1S/C11H17NO2/c1-8-6-10(12)11(7-9(8)2)14-5-4-13-3/h6-7H,4-5,12H2,1-3H3. The Labute approximate surface area is 84.8 Å². The maximum absolute atomic E-state index is 5.81. The summed E-state index contributed by atoms with van der Waals surface area (Å²) in [6.45, 7) is 5.18. The Morgan fingerprint density at radius 2 is 1.79 bits per heavy atom. The van der Waals surface area contributed by atoms with Crippen molar-refractivity contribution in [1.29, 1.82) is 0 Å². The predicted molar refractivity (Wildman–Crippen MR) is 57.7 cm³/mol. The monoisotopic (exact) mass is 195 g/mol. The van der Waals surface area contributed by atoms with Crippen molar-refractivity contribution >= 4 is 5.69 Å². The zero-order valence-electron chi connectivity index (χ0n) is 8.96. The van der Waals surface area contributed by atoms with E-state index in [1.807, 2.05) is 26.0 Å². The average Bonchev–Trinajstić information content (AvgIpc) is 2.14. The third-order valence-electron chi connectivity index (χ3n) is 2.17. The van der Waals surface area contributed by atoms with Gasteiger partial charge in [0.2, 0.25) is 0 Å². The van der Waals surface area contributed by atoms with E-state index in [-0.39, 0.29) is 0 Å². The van der Waals surface area contributed by atoms with E-state index >= 15 is 0 Å². The Kier molecular flexibility index (Phi) is 3.77. The molecule has 0 aliphatic carbocycles. The van der Waals surface area contributed by atoms with E-state index in [0.717, 1.165) is 5.75 Å². The van der Waals surface area contributed by atoms with Gasteiger partial charge in [-0.3, -0.25) is 0 Å². The van der Waals surface area contributed by atoms with Crippen molar-refractivity contribution in [3.05, 3.63) is 23.3 Å². The Balaban J connectivity index is 2.72. The van der Waals surface area contributed by atoms with Crippen LogP contribution in [-0.4, -0.2) is 20.3 Å². The van der Waals surface area contributed by atoms with Gasteiger partial charge < -0.3 is 15.2 Å². The van der Waals surface area contributed by atoms with Gasteiger partial charge in [-0.2, -0.15) is 0 Å². The van der Waals surface area contributed by atoms with Gasteiger partial charge in [0.05, 0.1) is 12.3 Å². The van der Waals surface area contributed by atoms with E-state index in [1.165, 1.54) is 11.1 Å². The lowest BCUT2D eigenvalue weighted by atomic mass is 10.1. The highest BCUT2D eigenvalue weighted by Crippen LogP contribution is 2.25. The molecule has 3 nitrogen and oxygen atoms in total. The molecule has 78 valence electrons. The van der Waals surface area contributed by atoms with Crippen LogP contribution >= 0.6 is 0 Å². The minimum atomic E-state index is 0.531. The van der Waals surface area contributed by atoms with Crippen molar-refractivity contribution in [3.8, 4) is 5.75 Å². The van der Waals surface area contributed by atoms with Crippen molar-refractivity contribution in [1.82, 2.24) is 0 Å². The molecule has 0 atom stereocenters. The number of hydrogen-bond acceptors (Lipinski definition) is 3. The van der Waals surface area contributed by atoms with Crippen LogP contribution in [0.3, 0.4) is 0 Å². The lowest BCUT2D eigenvalue weighted by Gasteiger charge is -2.10. The normalized spacial score (nSPS) is 10.2. The second-order valence-electron chi connectivity index (χ2n) is 3.32. The van der Waals surface area contributed by atoms with Crippen LogP contribution in [0.25, 0.3) is 0 Å². The summed E-state index contributed by atoms with van der Waals surface area (Å²) >= 11 is 0. The largest absolute Gasteiger partial charge is 0.489 e. The number of methoxy groups -OCH3 is 1. The van der Waals surface area contributed by atoms with Gasteiger partial charge in [-0.05, 0) is 37.1 Å². The van der Waals surface area contributed by atoms with Crippen LogP contribution in [-0.2, 0) is 4.74 Å². The molecule has 0 bridgehead atoms. The van der Waals surface area contributed by atoms with E-state index in [2.05, 4.69) is 0 Å². The fourth-order valence-electron chi connectivity index (χ4n) is 1.17. The number of benzene rings is 1. The van der Waals surface area contributed by atoms with Crippen LogP contribution < -0.4 is 10.5 Å². The van der Waals surface area contributed by atoms with E-state index in [9.17, 15) is 0 Å². The van der Waals surface area contributed by atoms with Crippen molar-refractivity contribution in [2.45, 2.75) is 13.8 Å². The first-order chi connectivity index (χ1) is 6.65. The van der Waals surface area contributed by atoms with Crippen LogP contribution in [0.2, 0.25) is 0 Å². The number of hydrogen-bond donors (Lipinski definition) is 1. The SMILES string of the molecule is COCCOc1cc(C)c(C)cc1N. The summed E-state index contributed by atoms with van der Waals surface area (Å²) in [4.78, 5) is 0. The van der Waals surface area contributed by atoms with Gasteiger partial charge in [-0.15, -0.1) is 0 Å². The highest BCUT2D eigenvalue weighted by Gasteiger charge is 2.02. The highest BCUT2D eigenvalue weighted by atomic mass is 16.5. The molecule has 14 heavy (non-hydrogen) atoms. The molecule has 0 saturated carbocycles. The average molecular weight is 195 g/mol. The van der Waals surface area contributed by atoms with Crippen molar-refractivity contribution < 1.29 is 9.47 Å². The Morgan fingerprint density at radius 3 is 2.43 bits per heavy atom. The summed E-state index contributed by atoms with van der Waals surface area (Å²) < 4.78 is 10.4. The van der Waals surface area contributed by atoms with E-state index in [4.69, 9.17) is 15.2 Å². The summed E-state index contributed by atoms with van der Waals surface area (Å²) in [7, 11) is 1.65. The number of anilines is 1. The summed E-state index contributed by atoms with van der Waals surface area (Å²) in [5.41, 5.74) is 8.86. The van der Waals surface area contributed by atoms with Crippen molar-refractivity contribution in [2.24, 2.45) is 0 Å². The van der Waals surface area contributed by atoms with Gasteiger partial charge in [-0.25, -0.2) is 0 Å². The summed E-state index contributed by atoms with van der Waals surface area (Å²) in [5, 5.41) is 0. The number of nitrogens with two attached hydrogens (primary N) is 1. The molecule has 0 heterocycles. The molecular formula is C11H17NO2. The van der Waals surface area contributed by atoms with Gasteiger partial charge >= 0.3 is 0 Å². The molecule has 0 spiro atoms. The molecule has 1 rings (SSSR count). The molecule has 0 aromatic heterocycles. The zero-order chi connectivity index (χ0) is 10.6. The molecule has 2 N–H and O–H groups in total. The minimum absolute atomic E-state index is 0.531. The lowest BCUT2D eigenvalue weighted by Crippen LogP contribution is -2.06. The highest BCUT2D eigenvalue weighted by molar-refractivity contribution is 5.56. The molecule has 0 unspecified atom stereocenters. The van der Waals surface area contributed by atoms with E-state index < -0.39 is 0 Å². The van der Waals surface area contributed by atoms with Crippen LogP contribution in [0, 0.1) is 13.8 Å². The molecule has 0 fully saturated rings. The summed E-state index contributed by atoms with van der Waals surface area (Å²) in [5.74, 6) is 0.741. The third kappa shape index (κ3) is 2.64. The minimum Gasteiger partial charge on any atom is -0.489 e. The lowest BCUT2D eigenvalue weighted by molar-refractivity contribution is 0.146. The first-order valence-electron chi connectivity index (χ1n) is 4.63. The molecule has 1 aromatic rings. The Morgan fingerprint density at radius 1 is 1.14 bits per heavy atom. The van der Waals surface area contributed by atoms with E-state index in [0.29, 0.717) is 18.9 Å². The number of nitrogen functional groups attached to an aromatic ring is 1. The molecular weight excluding hydrogens is 178 g/mol. The molecule has 0 aliphatic heterocycles. The fourth-order valence-corrected chi connectivity index (χ4v) is 1.17. The Hall–Kier alpha value is -1.22. The topological polar surface area (TPSA) is 44.5 Å². The second kappa shape index (κ2) is 4.86. The number of rotatable bonds is 4. The number of aryl methyl sites for hydroxylation is 2. The van der Waals surface area contributed by atoms with Crippen LogP contribution in [0.15, 0.2) is 12.1 Å². The van der Waals surface area contributed by atoms with Crippen molar-refractivity contribution in [2.75, 3.05) is 26.1 Å². The molecule has 0 amide bonds. The summed E-state index contributed by atoms with van der Waals surface area (Å²) in [6, 6.07) is 3.89. The van der Waals surface area contributed by atoms with Gasteiger partial charge in [0.25, 0.3) is 0 Å². The quantitative estimate of drug-likeness (QED) is 0.589. The van der Waals surface area contributed by atoms with Crippen LogP contribution in [0.5, 0.6) is 5.75 Å². The van der Waals surface area contributed by atoms with E-state index in [1.54, 1.807) is 7.11 Å². The van der Waals surface area contributed by atoms with Crippen molar-refractivity contribution in [3.63, 3.8) is 0 Å². The van der Waals surface area contributed by atoms with Crippen LogP contribution in [0.1, 0.15) is 11.1 Å². The predicted octanol–water partition coefficient (Wildman–Crippen LogP) is 1.91. The molecule has 3 heteroatoms. The molecule has 1 aromatic carbocycles. The Bertz CT molecular complexity index is 310. The van der Waals surface area contributed by atoms with Gasteiger partial charge in [0.15, 0.2) is 0 Å². The first-order valence-corrected chi connectivity index (χ1v) is 4.63. The molecule has 0 aliphatic rings. The second-order valence-corrected chi connectivity index (χ2v) is 3.32. The molecule has 0 saturated heterocycles. The van der Waals surface area contributed by atoms with Gasteiger partial charge in [0, 0.05) is 7.11 Å². The zero-order valence-corrected chi connectivity index (χ0v) is 8.96. The number of ether oxygens (including phenoxy) is 2. The molecule has 0 radical (unpaired) electrons. The van der Waals surface area contributed by atoms with Crippen LogP contribution in [0.4, 0.5) is 5.69 Å². The maximum atomic E-state index is 5.81.